The number of hydrogen-bond donors (Lipinski definition) is 3. The Morgan fingerprint density at radius 3 is 2.57 bits per heavy atom. The molecule has 1 aromatic carbocycles. The summed E-state index contributed by atoms with van der Waals surface area (Å²) in [7, 11) is 0. The molecule has 5 nitrogen and oxygen atoms in total. The molecule has 21 heavy (non-hydrogen) atoms. The van der Waals surface area contributed by atoms with Crippen LogP contribution in [-0.2, 0) is 4.79 Å². The second-order valence-electron chi connectivity index (χ2n) is 5.18. The number of nitrogens with two attached hydrogens (primary N) is 1. The van der Waals surface area contributed by atoms with Gasteiger partial charge in [-0.15, -0.1) is 0 Å². The van der Waals surface area contributed by atoms with Crippen LogP contribution in [0.25, 0.3) is 0 Å². The summed E-state index contributed by atoms with van der Waals surface area (Å²) >= 11 is 0. The van der Waals surface area contributed by atoms with Gasteiger partial charge in [-0.05, 0) is 25.0 Å². The lowest BCUT2D eigenvalue weighted by atomic mass is 9.72. The fraction of sp³-hybridized carbons (Fsp3) is 0.429. The summed E-state index contributed by atoms with van der Waals surface area (Å²) in [5, 5.41) is 14.2. The molecule has 0 atom stereocenters. The highest BCUT2D eigenvalue weighted by atomic mass is 19.2. The molecule has 0 unspecified atom stereocenters. The Morgan fingerprint density at radius 2 is 1.95 bits per heavy atom. The summed E-state index contributed by atoms with van der Waals surface area (Å²) in [6.07, 6.45) is 3.25. The Bertz CT molecular complexity index is 569. The summed E-state index contributed by atoms with van der Waals surface area (Å²) in [6.45, 7) is 0. The summed E-state index contributed by atoms with van der Waals surface area (Å²) in [5.74, 6) is -2.95. The van der Waals surface area contributed by atoms with E-state index in [9.17, 15) is 13.6 Å². The van der Waals surface area contributed by atoms with Crippen LogP contribution in [-0.4, -0.2) is 17.0 Å². The van der Waals surface area contributed by atoms with Crippen molar-refractivity contribution < 1.29 is 18.8 Å². The molecular weight excluding hydrogens is 280 g/mol. The number of amides is 1. The van der Waals surface area contributed by atoms with E-state index >= 15 is 0 Å². The molecule has 0 heterocycles. The van der Waals surface area contributed by atoms with Crippen LogP contribution in [0.2, 0.25) is 0 Å². The molecule has 7 heteroatoms. The number of benzene rings is 1. The molecular formula is C14H17F2N3O2. The van der Waals surface area contributed by atoms with E-state index in [1.807, 2.05) is 0 Å². The first-order valence-electron chi connectivity index (χ1n) is 6.75. The van der Waals surface area contributed by atoms with E-state index in [1.54, 1.807) is 0 Å². The average molecular weight is 297 g/mol. The molecule has 1 aromatic rings. The number of rotatable bonds is 3. The van der Waals surface area contributed by atoms with E-state index in [0.717, 1.165) is 25.3 Å². The predicted octanol–water partition coefficient (Wildman–Crippen LogP) is 2.60. The maximum Gasteiger partial charge on any atom is 0.238 e. The van der Waals surface area contributed by atoms with E-state index in [0.29, 0.717) is 12.8 Å². The molecule has 1 saturated carbocycles. The van der Waals surface area contributed by atoms with E-state index in [-0.39, 0.29) is 11.5 Å². The lowest BCUT2D eigenvalue weighted by Crippen LogP contribution is -2.48. The van der Waals surface area contributed by atoms with Crippen molar-refractivity contribution in [1.82, 2.24) is 0 Å². The molecule has 1 amide bonds. The lowest BCUT2D eigenvalue weighted by molar-refractivity contribution is -0.123. The summed E-state index contributed by atoms with van der Waals surface area (Å²) in [4.78, 5) is 12.5. The molecule has 2 rings (SSSR count). The molecule has 0 aromatic heterocycles. The van der Waals surface area contributed by atoms with Crippen LogP contribution in [0.3, 0.4) is 0 Å². The SMILES string of the molecule is NC(=NO)C1(C(=O)Nc2cccc(F)c2F)CCCCC1. The monoisotopic (exact) mass is 297 g/mol. The number of halogens is 2. The number of anilines is 1. The van der Waals surface area contributed by atoms with E-state index < -0.39 is 23.0 Å². The first-order valence-corrected chi connectivity index (χ1v) is 6.75. The van der Waals surface area contributed by atoms with E-state index in [4.69, 9.17) is 10.9 Å². The molecule has 0 saturated heterocycles. The largest absolute Gasteiger partial charge is 0.409 e. The fourth-order valence-corrected chi connectivity index (χ4v) is 2.69. The van der Waals surface area contributed by atoms with Gasteiger partial charge in [-0.1, -0.05) is 30.5 Å². The number of amidine groups is 1. The van der Waals surface area contributed by atoms with Crippen molar-refractivity contribution in [2.24, 2.45) is 16.3 Å². The number of carbonyl (C=O) groups is 1. The molecule has 0 spiro atoms. The highest BCUT2D eigenvalue weighted by Gasteiger charge is 2.44. The van der Waals surface area contributed by atoms with Crippen LogP contribution < -0.4 is 11.1 Å². The van der Waals surface area contributed by atoms with Crippen LogP contribution in [0.15, 0.2) is 23.4 Å². The minimum absolute atomic E-state index is 0.198. The molecule has 1 aliphatic rings. The van der Waals surface area contributed by atoms with Gasteiger partial charge in [0.05, 0.1) is 5.69 Å². The third-order valence-corrected chi connectivity index (χ3v) is 3.94. The van der Waals surface area contributed by atoms with Gasteiger partial charge in [0.1, 0.15) is 5.41 Å². The molecule has 1 fully saturated rings. The first-order chi connectivity index (χ1) is 10.0. The van der Waals surface area contributed by atoms with Crippen molar-refractivity contribution in [1.29, 1.82) is 0 Å². The quantitative estimate of drug-likeness (QED) is 0.347. The maximum atomic E-state index is 13.6. The number of nitrogens with zero attached hydrogens (tertiary/aromatic N) is 1. The molecule has 0 bridgehead atoms. The summed E-state index contributed by atoms with van der Waals surface area (Å²) in [6, 6.07) is 3.52. The van der Waals surface area contributed by atoms with Gasteiger partial charge < -0.3 is 16.3 Å². The van der Waals surface area contributed by atoms with Crippen molar-refractivity contribution in [2.45, 2.75) is 32.1 Å². The number of oxime groups is 1. The van der Waals surface area contributed by atoms with Crippen molar-refractivity contribution in [3.63, 3.8) is 0 Å². The predicted molar refractivity (Wildman–Crippen MR) is 73.9 cm³/mol. The lowest BCUT2D eigenvalue weighted by Gasteiger charge is -2.34. The summed E-state index contributed by atoms with van der Waals surface area (Å²) in [5.41, 5.74) is 4.25. The third kappa shape index (κ3) is 2.81. The van der Waals surface area contributed by atoms with Crippen LogP contribution in [0.1, 0.15) is 32.1 Å². The molecule has 0 radical (unpaired) electrons. The van der Waals surface area contributed by atoms with Crippen molar-refractivity contribution >= 4 is 17.4 Å². The smallest absolute Gasteiger partial charge is 0.238 e. The van der Waals surface area contributed by atoms with Crippen LogP contribution >= 0.6 is 0 Å². The Balaban J connectivity index is 2.29. The Morgan fingerprint density at radius 1 is 1.29 bits per heavy atom. The third-order valence-electron chi connectivity index (χ3n) is 3.94. The van der Waals surface area contributed by atoms with Crippen molar-refractivity contribution in [3.8, 4) is 0 Å². The van der Waals surface area contributed by atoms with Crippen LogP contribution in [0, 0.1) is 17.0 Å². The zero-order valence-corrected chi connectivity index (χ0v) is 11.4. The van der Waals surface area contributed by atoms with Crippen LogP contribution in [0.4, 0.5) is 14.5 Å². The Labute approximate surface area is 120 Å². The highest BCUT2D eigenvalue weighted by molar-refractivity contribution is 6.11. The minimum atomic E-state index is -1.17. The summed E-state index contributed by atoms with van der Waals surface area (Å²) < 4.78 is 26.8. The van der Waals surface area contributed by atoms with Crippen molar-refractivity contribution in [3.05, 3.63) is 29.8 Å². The van der Waals surface area contributed by atoms with Gasteiger partial charge in [0.15, 0.2) is 17.5 Å². The number of hydrogen-bond acceptors (Lipinski definition) is 3. The minimum Gasteiger partial charge on any atom is -0.409 e. The van der Waals surface area contributed by atoms with Gasteiger partial charge >= 0.3 is 0 Å². The maximum absolute atomic E-state index is 13.6. The highest BCUT2D eigenvalue weighted by Crippen LogP contribution is 2.38. The number of carbonyl (C=O) groups excluding carboxylic acids is 1. The first kappa shape index (κ1) is 15.2. The van der Waals surface area contributed by atoms with Crippen LogP contribution in [0.5, 0.6) is 0 Å². The van der Waals surface area contributed by atoms with Gasteiger partial charge in [0, 0.05) is 0 Å². The standard InChI is InChI=1S/C14H17F2N3O2/c15-9-5-4-6-10(11(9)16)18-13(20)14(12(17)19-21)7-2-1-3-8-14/h4-6,21H,1-3,7-8H2,(H2,17,19)(H,18,20). The fourth-order valence-electron chi connectivity index (χ4n) is 2.69. The van der Waals surface area contributed by atoms with Gasteiger partial charge in [-0.25, -0.2) is 8.78 Å². The molecule has 1 aliphatic carbocycles. The zero-order chi connectivity index (χ0) is 15.5. The molecule has 0 aliphatic heterocycles. The molecule has 4 N–H and O–H groups in total. The zero-order valence-electron chi connectivity index (χ0n) is 11.4. The van der Waals surface area contributed by atoms with E-state index in [2.05, 4.69) is 10.5 Å². The van der Waals surface area contributed by atoms with E-state index in [1.165, 1.54) is 12.1 Å². The Hall–Kier alpha value is -2.18. The second-order valence-corrected chi connectivity index (χ2v) is 5.18. The van der Waals surface area contributed by atoms with Gasteiger partial charge in [-0.3, -0.25) is 4.79 Å². The number of nitrogens with one attached hydrogen (secondary N) is 1. The average Bonchev–Trinajstić information content (AvgIpc) is 2.51. The molecule has 114 valence electrons. The topological polar surface area (TPSA) is 87.7 Å². The van der Waals surface area contributed by atoms with Gasteiger partial charge in [0.2, 0.25) is 5.91 Å². The Kier molecular flexibility index (Phi) is 4.40. The van der Waals surface area contributed by atoms with Gasteiger partial charge in [-0.2, -0.15) is 0 Å². The second kappa shape index (κ2) is 6.07. The normalized spacial score (nSPS) is 18.3. The van der Waals surface area contributed by atoms with Crippen molar-refractivity contribution in [2.75, 3.05) is 5.32 Å². The van der Waals surface area contributed by atoms with Gasteiger partial charge in [0.25, 0.3) is 0 Å².